The van der Waals surface area contributed by atoms with Gasteiger partial charge < -0.3 is 0 Å². The van der Waals surface area contributed by atoms with Gasteiger partial charge in [0.15, 0.2) is 6.20 Å². The number of fused-ring (bicyclic) bond motifs is 5. The zero-order valence-electron chi connectivity index (χ0n) is 20.6. The molecule has 0 amide bonds. The smallest absolute Gasteiger partial charge is 0.200 e. The molecule has 5 aromatic carbocycles. The summed E-state index contributed by atoms with van der Waals surface area (Å²) in [5.74, 6) is 0. The van der Waals surface area contributed by atoms with Gasteiger partial charge in [0.1, 0.15) is 7.05 Å². The zero-order chi connectivity index (χ0) is 25.1. The second-order valence-electron chi connectivity index (χ2n) is 9.64. The molecule has 0 atom stereocenters. The van der Waals surface area contributed by atoms with Crippen LogP contribution in [-0.2, 0) is 7.05 Å². The van der Waals surface area contributed by atoms with E-state index in [9.17, 15) is 5.26 Å². The molecule has 0 saturated heterocycles. The first kappa shape index (κ1) is 21.7. The second-order valence-corrected chi connectivity index (χ2v) is 10.7. The third-order valence-corrected chi connectivity index (χ3v) is 8.72. The molecular weight excluding hydrogens is 468 g/mol. The zero-order valence-corrected chi connectivity index (χ0v) is 21.4. The molecule has 37 heavy (non-hydrogen) atoms. The molecule has 2 aromatic heterocycles. The lowest BCUT2D eigenvalue weighted by Gasteiger charge is -2.09. The van der Waals surface area contributed by atoms with Crippen molar-refractivity contribution in [3.63, 3.8) is 0 Å². The van der Waals surface area contributed by atoms with E-state index >= 15 is 0 Å². The van der Waals surface area contributed by atoms with Crippen molar-refractivity contribution in [1.82, 2.24) is 0 Å². The number of aryl methyl sites for hydroxylation is 2. The highest BCUT2D eigenvalue weighted by Crippen LogP contribution is 2.46. The van der Waals surface area contributed by atoms with E-state index < -0.39 is 0 Å². The summed E-state index contributed by atoms with van der Waals surface area (Å²) in [5, 5.41) is 17.4. The molecule has 0 aliphatic rings. The Morgan fingerprint density at radius 1 is 0.676 bits per heavy atom. The number of benzene rings is 5. The summed E-state index contributed by atoms with van der Waals surface area (Å²) >= 11 is 1.81. The van der Waals surface area contributed by atoms with Crippen LogP contribution < -0.4 is 4.57 Å². The molecule has 0 spiro atoms. The number of pyridine rings is 1. The topological polar surface area (TPSA) is 27.7 Å². The fraction of sp³-hybridized carbons (Fsp3) is 0.0588. The van der Waals surface area contributed by atoms with E-state index in [1.165, 1.54) is 58.5 Å². The molecule has 0 aliphatic carbocycles. The number of hydrogen-bond donors (Lipinski definition) is 0. The number of nitrogens with zero attached hydrogens (tertiary/aromatic N) is 2. The second kappa shape index (κ2) is 8.27. The maximum Gasteiger partial charge on any atom is 0.221 e. The lowest BCUT2D eigenvalue weighted by molar-refractivity contribution is -0.659. The number of thiophene rings is 1. The van der Waals surface area contributed by atoms with Crippen LogP contribution in [0.15, 0.2) is 103 Å². The number of aromatic nitrogens is 1. The Balaban J connectivity index is 1.60. The Morgan fingerprint density at radius 2 is 1.38 bits per heavy atom. The van der Waals surface area contributed by atoms with Gasteiger partial charge in [-0.1, -0.05) is 72.8 Å². The van der Waals surface area contributed by atoms with Gasteiger partial charge >= 0.3 is 0 Å². The van der Waals surface area contributed by atoms with Crippen LogP contribution in [0.3, 0.4) is 0 Å². The molecule has 7 aromatic rings. The number of nitriles is 1. The highest BCUT2D eigenvalue weighted by Gasteiger charge is 2.23. The molecule has 0 saturated carbocycles. The lowest BCUT2D eigenvalue weighted by atomic mass is 9.94. The van der Waals surface area contributed by atoms with Crippen LogP contribution in [0.25, 0.3) is 64.1 Å². The summed E-state index contributed by atoms with van der Waals surface area (Å²) in [6.07, 6.45) is 2.15. The molecule has 2 nitrogen and oxygen atoms in total. The van der Waals surface area contributed by atoms with E-state index in [0.29, 0.717) is 5.56 Å². The normalized spacial score (nSPS) is 11.5. The van der Waals surface area contributed by atoms with Crippen LogP contribution in [0.4, 0.5) is 0 Å². The summed E-state index contributed by atoms with van der Waals surface area (Å²) in [4.78, 5) is 0. The maximum atomic E-state index is 10.1. The summed E-state index contributed by atoms with van der Waals surface area (Å²) < 4.78 is 4.66. The van der Waals surface area contributed by atoms with E-state index in [1.807, 2.05) is 6.07 Å². The third-order valence-electron chi connectivity index (χ3n) is 7.46. The van der Waals surface area contributed by atoms with Gasteiger partial charge in [0.2, 0.25) is 5.69 Å². The van der Waals surface area contributed by atoms with Gasteiger partial charge in [-0.05, 0) is 52.4 Å². The van der Waals surface area contributed by atoms with E-state index in [2.05, 4.69) is 122 Å². The van der Waals surface area contributed by atoms with Crippen LogP contribution in [-0.4, -0.2) is 0 Å². The molecule has 0 unspecified atom stereocenters. The van der Waals surface area contributed by atoms with Gasteiger partial charge in [0, 0.05) is 31.8 Å². The molecule has 174 valence electrons. The summed E-state index contributed by atoms with van der Waals surface area (Å²) in [6, 6.07) is 36.8. The van der Waals surface area contributed by atoms with Crippen molar-refractivity contribution in [1.29, 1.82) is 5.26 Å². The largest absolute Gasteiger partial charge is 0.221 e. The van der Waals surface area contributed by atoms with Gasteiger partial charge in [-0.3, -0.25) is 0 Å². The number of rotatable bonds is 2. The van der Waals surface area contributed by atoms with Gasteiger partial charge in [0.05, 0.1) is 22.6 Å². The SMILES string of the molecule is Cc1ccc2c(sc3c(-c4ccc5ccccc5c4)c(C#N)ccc32)c1-c1c2ccccc2cc[n+]1C. The molecule has 0 fully saturated rings. The molecule has 0 aliphatic heterocycles. The first-order valence-corrected chi connectivity index (χ1v) is 13.2. The summed E-state index contributed by atoms with van der Waals surface area (Å²) in [7, 11) is 2.13. The molecule has 0 bridgehead atoms. The van der Waals surface area contributed by atoms with Crippen molar-refractivity contribution in [2.45, 2.75) is 6.92 Å². The predicted octanol–water partition coefficient (Wildman–Crippen LogP) is 8.70. The quantitative estimate of drug-likeness (QED) is 0.222. The molecule has 2 heterocycles. The van der Waals surface area contributed by atoms with Crippen molar-refractivity contribution in [3.8, 4) is 28.5 Å². The van der Waals surface area contributed by atoms with E-state index in [0.717, 1.165) is 11.1 Å². The Kier molecular flexibility index (Phi) is 4.86. The fourth-order valence-corrected chi connectivity index (χ4v) is 7.12. The minimum absolute atomic E-state index is 0.711. The fourth-order valence-electron chi connectivity index (χ4n) is 5.65. The monoisotopic (exact) mass is 491 g/mol. The Bertz CT molecular complexity index is 2070. The molecule has 0 radical (unpaired) electrons. The molecule has 7 rings (SSSR count). The van der Waals surface area contributed by atoms with E-state index in [1.54, 1.807) is 11.3 Å². The van der Waals surface area contributed by atoms with Gasteiger partial charge in [0.25, 0.3) is 0 Å². The van der Waals surface area contributed by atoms with Crippen molar-refractivity contribution < 1.29 is 4.57 Å². The van der Waals surface area contributed by atoms with Gasteiger partial charge in [-0.2, -0.15) is 5.26 Å². The van der Waals surface area contributed by atoms with Crippen LogP contribution in [0.1, 0.15) is 11.1 Å². The Hall–Kier alpha value is -4.52. The molecule has 0 N–H and O–H groups in total. The third kappa shape index (κ3) is 3.27. The number of hydrogen-bond acceptors (Lipinski definition) is 2. The van der Waals surface area contributed by atoms with Crippen molar-refractivity contribution in [2.75, 3.05) is 0 Å². The predicted molar refractivity (Wildman–Crippen MR) is 156 cm³/mol. The van der Waals surface area contributed by atoms with Crippen molar-refractivity contribution in [3.05, 3.63) is 114 Å². The maximum absolute atomic E-state index is 10.1. The van der Waals surface area contributed by atoms with Crippen molar-refractivity contribution >= 4 is 53.1 Å². The Morgan fingerprint density at radius 3 is 2.19 bits per heavy atom. The van der Waals surface area contributed by atoms with E-state index in [4.69, 9.17) is 0 Å². The van der Waals surface area contributed by atoms with Crippen LogP contribution in [0, 0.1) is 18.3 Å². The van der Waals surface area contributed by atoms with Crippen LogP contribution in [0.2, 0.25) is 0 Å². The Labute approximate surface area is 219 Å². The lowest BCUT2D eigenvalue weighted by Crippen LogP contribution is -2.30. The standard InChI is InChI=1S/C34H23N2S/c1-21-11-15-28-29-16-14-26(20-35)31(25-13-12-22-7-3-4-9-24(22)19-25)34(29)37-33(28)30(21)32-27-10-6-5-8-23(27)17-18-36(32)2/h3-19H,1-2H3/q+1. The van der Waals surface area contributed by atoms with Crippen LogP contribution in [0.5, 0.6) is 0 Å². The minimum Gasteiger partial charge on any atom is -0.200 e. The summed E-state index contributed by atoms with van der Waals surface area (Å²) in [6.45, 7) is 2.20. The molecule has 3 heteroatoms. The average molecular weight is 492 g/mol. The van der Waals surface area contributed by atoms with Gasteiger partial charge in [-0.15, -0.1) is 11.3 Å². The summed E-state index contributed by atoms with van der Waals surface area (Å²) in [5.41, 5.74) is 6.56. The highest BCUT2D eigenvalue weighted by molar-refractivity contribution is 7.27. The molecular formula is C34H23N2S+. The van der Waals surface area contributed by atoms with Crippen molar-refractivity contribution in [2.24, 2.45) is 7.05 Å². The average Bonchev–Trinajstić information content (AvgIpc) is 3.31. The van der Waals surface area contributed by atoms with Crippen LogP contribution >= 0.6 is 11.3 Å². The highest BCUT2D eigenvalue weighted by atomic mass is 32.1. The van der Waals surface area contributed by atoms with E-state index in [-0.39, 0.29) is 0 Å². The van der Waals surface area contributed by atoms with Gasteiger partial charge in [-0.25, -0.2) is 4.57 Å². The minimum atomic E-state index is 0.711. The first-order chi connectivity index (χ1) is 18.1. The first-order valence-electron chi connectivity index (χ1n) is 12.4.